The first-order chi connectivity index (χ1) is 11.5. The molecule has 2 aliphatic rings. The Morgan fingerprint density at radius 2 is 2.00 bits per heavy atom. The average molecular weight is 375 g/mol. The zero-order valence-corrected chi connectivity index (χ0v) is 15.1. The normalized spacial score (nSPS) is 24.7. The third-order valence-corrected chi connectivity index (χ3v) is 4.95. The molecule has 1 amide bonds. The molecule has 140 valence electrons. The Bertz CT molecular complexity index is 588. The zero-order chi connectivity index (χ0) is 17.1. The minimum absolute atomic E-state index is 0. The third kappa shape index (κ3) is 5.54. The minimum atomic E-state index is -2.87. The molecule has 2 saturated heterocycles. The van der Waals surface area contributed by atoms with E-state index in [2.05, 4.69) is 15.4 Å². The van der Waals surface area contributed by atoms with Crippen molar-refractivity contribution in [3.05, 3.63) is 29.3 Å². The van der Waals surface area contributed by atoms with Gasteiger partial charge in [-0.15, -0.1) is 12.4 Å². The second-order valence-corrected chi connectivity index (χ2v) is 6.95. The lowest BCUT2D eigenvalue weighted by Gasteiger charge is -2.28. The average Bonchev–Trinajstić information content (AvgIpc) is 2.86. The molecule has 2 heterocycles. The summed E-state index contributed by atoms with van der Waals surface area (Å²) >= 11 is 0. The van der Waals surface area contributed by atoms with Crippen LogP contribution in [0, 0.1) is 12.8 Å². The number of carbonyl (C=O) groups is 1. The lowest BCUT2D eigenvalue weighted by molar-refractivity contribution is -0.122. The van der Waals surface area contributed by atoms with Crippen LogP contribution in [0.2, 0.25) is 0 Å². The molecule has 25 heavy (non-hydrogen) atoms. The van der Waals surface area contributed by atoms with Crippen molar-refractivity contribution in [1.29, 1.82) is 0 Å². The standard InChI is InChI=1S/C18H24F2N2O2.ClH/c1-11-2-5-16(24-18(19)20)13(6-11)10-21-17(23)9-12-7-14-3-4-15(8-12)22-14;/h2,5-6,12,14-15,18,22H,3-4,7-10H2,1H3,(H,21,23);1H. The molecule has 2 aliphatic heterocycles. The molecule has 1 aromatic rings. The van der Waals surface area contributed by atoms with Crippen molar-refractivity contribution in [2.45, 2.75) is 64.3 Å². The third-order valence-electron chi connectivity index (χ3n) is 4.95. The summed E-state index contributed by atoms with van der Waals surface area (Å²) < 4.78 is 29.5. The molecule has 2 N–H and O–H groups in total. The van der Waals surface area contributed by atoms with Gasteiger partial charge >= 0.3 is 6.61 Å². The number of nitrogens with one attached hydrogen (secondary N) is 2. The number of carbonyl (C=O) groups excluding carboxylic acids is 1. The van der Waals surface area contributed by atoms with Crippen LogP contribution >= 0.6 is 12.4 Å². The van der Waals surface area contributed by atoms with Gasteiger partial charge < -0.3 is 15.4 Å². The van der Waals surface area contributed by atoms with E-state index >= 15 is 0 Å². The van der Waals surface area contributed by atoms with E-state index in [9.17, 15) is 13.6 Å². The first-order valence-electron chi connectivity index (χ1n) is 8.56. The van der Waals surface area contributed by atoms with E-state index in [1.54, 1.807) is 12.1 Å². The zero-order valence-electron chi connectivity index (χ0n) is 14.3. The van der Waals surface area contributed by atoms with Gasteiger partial charge in [0.2, 0.25) is 5.91 Å². The molecule has 1 aromatic carbocycles. The van der Waals surface area contributed by atoms with Crippen LogP contribution in [-0.2, 0) is 11.3 Å². The highest BCUT2D eigenvalue weighted by molar-refractivity contribution is 5.85. The molecular formula is C18H25ClF2N2O2. The highest BCUT2D eigenvalue weighted by Gasteiger charge is 2.34. The van der Waals surface area contributed by atoms with Crippen molar-refractivity contribution in [2.24, 2.45) is 5.92 Å². The van der Waals surface area contributed by atoms with Gasteiger partial charge in [-0.3, -0.25) is 4.79 Å². The highest BCUT2D eigenvalue weighted by atomic mass is 35.5. The molecule has 4 nitrogen and oxygen atoms in total. The number of piperidine rings is 1. The topological polar surface area (TPSA) is 50.4 Å². The van der Waals surface area contributed by atoms with Gasteiger partial charge in [0.05, 0.1) is 0 Å². The van der Waals surface area contributed by atoms with Crippen molar-refractivity contribution < 1.29 is 18.3 Å². The number of hydrogen-bond donors (Lipinski definition) is 2. The molecule has 0 saturated carbocycles. The van der Waals surface area contributed by atoms with Gasteiger partial charge in [0.25, 0.3) is 0 Å². The molecule has 2 bridgehead atoms. The molecule has 0 spiro atoms. The van der Waals surface area contributed by atoms with Crippen LogP contribution in [0.1, 0.15) is 43.2 Å². The summed E-state index contributed by atoms with van der Waals surface area (Å²) in [4.78, 5) is 12.2. The Kier molecular flexibility index (Phi) is 7.02. The fraction of sp³-hybridized carbons (Fsp3) is 0.611. The fourth-order valence-electron chi connectivity index (χ4n) is 3.93. The van der Waals surface area contributed by atoms with E-state index in [0.717, 1.165) is 18.4 Å². The molecule has 0 radical (unpaired) electrons. The number of halogens is 3. The maximum absolute atomic E-state index is 12.5. The first kappa shape index (κ1) is 19.9. The number of fused-ring (bicyclic) bond motifs is 2. The summed E-state index contributed by atoms with van der Waals surface area (Å²) in [5.74, 6) is 0.514. The Balaban J connectivity index is 0.00000225. The maximum atomic E-state index is 12.5. The molecule has 0 aromatic heterocycles. The van der Waals surface area contributed by atoms with Gasteiger partial charge in [-0.25, -0.2) is 0 Å². The molecule has 2 atom stereocenters. The van der Waals surface area contributed by atoms with Crippen molar-refractivity contribution in [3.63, 3.8) is 0 Å². The summed E-state index contributed by atoms with van der Waals surface area (Å²) in [6.07, 6.45) is 5.02. The van der Waals surface area contributed by atoms with E-state index < -0.39 is 6.61 Å². The lowest BCUT2D eigenvalue weighted by atomic mass is 9.89. The van der Waals surface area contributed by atoms with Gasteiger partial charge in [-0.05, 0) is 44.6 Å². The summed E-state index contributed by atoms with van der Waals surface area (Å²) in [6.45, 7) is -0.782. The summed E-state index contributed by atoms with van der Waals surface area (Å²) in [5.41, 5.74) is 1.52. The number of benzene rings is 1. The van der Waals surface area contributed by atoms with Gasteiger partial charge in [-0.2, -0.15) is 8.78 Å². The molecule has 2 fully saturated rings. The van der Waals surface area contributed by atoms with Crippen LogP contribution in [0.25, 0.3) is 0 Å². The quantitative estimate of drug-likeness (QED) is 0.800. The van der Waals surface area contributed by atoms with Crippen molar-refractivity contribution in [2.75, 3.05) is 0 Å². The van der Waals surface area contributed by atoms with E-state index in [0.29, 0.717) is 30.0 Å². The fourth-order valence-corrected chi connectivity index (χ4v) is 3.93. The molecule has 7 heteroatoms. The van der Waals surface area contributed by atoms with E-state index in [-0.39, 0.29) is 30.6 Å². The van der Waals surface area contributed by atoms with Crippen LogP contribution in [0.3, 0.4) is 0 Å². The predicted octanol–water partition coefficient (Wildman–Crippen LogP) is 3.56. The van der Waals surface area contributed by atoms with Crippen molar-refractivity contribution >= 4 is 18.3 Å². The first-order valence-corrected chi connectivity index (χ1v) is 8.56. The predicted molar refractivity (Wildman–Crippen MR) is 94.2 cm³/mol. The number of aryl methyl sites for hydroxylation is 1. The summed E-state index contributed by atoms with van der Waals surface area (Å²) in [5, 5.41) is 6.42. The van der Waals surface area contributed by atoms with Gasteiger partial charge in [0, 0.05) is 30.6 Å². The molecular weight excluding hydrogens is 350 g/mol. The Hall–Kier alpha value is -1.40. The van der Waals surface area contributed by atoms with Crippen LogP contribution in [-0.4, -0.2) is 24.6 Å². The van der Waals surface area contributed by atoms with Gasteiger partial charge in [-0.1, -0.05) is 17.7 Å². The number of amides is 1. The number of alkyl halides is 2. The second-order valence-electron chi connectivity index (χ2n) is 6.95. The van der Waals surface area contributed by atoms with Gasteiger partial charge in [0.1, 0.15) is 5.75 Å². The highest BCUT2D eigenvalue weighted by Crippen LogP contribution is 2.32. The molecule has 2 unspecified atom stereocenters. The lowest BCUT2D eigenvalue weighted by Crippen LogP contribution is -2.39. The Morgan fingerprint density at radius 1 is 1.32 bits per heavy atom. The largest absolute Gasteiger partial charge is 0.434 e. The number of ether oxygens (including phenoxy) is 1. The molecule has 0 aliphatic carbocycles. The van der Waals surface area contributed by atoms with E-state index in [1.807, 2.05) is 6.92 Å². The van der Waals surface area contributed by atoms with E-state index in [4.69, 9.17) is 0 Å². The second kappa shape index (κ2) is 8.81. The van der Waals surface area contributed by atoms with Crippen LogP contribution in [0.15, 0.2) is 18.2 Å². The number of hydrogen-bond acceptors (Lipinski definition) is 3. The van der Waals surface area contributed by atoms with Crippen LogP contribution < -0.4 is 15.4 Å². The maximum Gasteiger partial charge on any atom is 0.387 e. The van der Waals surface area contributed by atoms with Gasteiger partial charge in [0.15, 0.2) is 0 Å². The Morgan fingerprint density at radius 3 is 2.64 bits per heavy atom. The van der Waals surface area contributed by atoms with E-state index in [1.165, 1.54) is 18.9 Å². The van der Waals surface area contributed by atoms with Crippen LogP contribution in [0.5, 0.6) is 5.75 Å². The number of rotatable bonds is 6. The SMILES string of the molecule is Cc1ccc(OC(F)F)c(CNC(=O)CC2CC3CCC(C2)N3)c1.Cl. The summed E-state index contributed by atoms with van der Waals surface area (Å²) in [7, 11) is 0. The van der Waals surface area contributed by atoms with Crippen LogP contribution in [0.4, 0.5) is 8.78 Å². The van der Waals surface area contributed by atoms with Crippen molar-refractivity contribution in [1.82, 2.24) is 10.6 Å². The Labute approximate surface area is 153 Å². The monoisotopic (exact) mass is 374 g/mol. The summed E-state index contributed by atoms with van der Waals surface area (Å²) in [6, 6.07) is 6.12. The smallest absolute Gasteiger partial charge is 0.387 e. The van der Waals surface area contributed by atoms with Crippen molar-refractivity contribution in [3.8, 4) is 5.75 Å². The molecule has 3 rings (SSSR count). The minimum Gasteiger partial charge on any atom is -0.434 e.